The molecule has 0 aliphatic carbocycles. The SMILES string of the molecule is CC1CCN(C(=O)c2cccc([N+](=O)[O-])c2N)C(CN)C1. The molecule has 1 fully saturated rings. The molecule has 1 aliphatic rings. The summed E-state index contributed by atoms with van der Waals surface area (Å²) in [6.07, 6.45) is 1.74. The van der Waals surface area contributed by atoms with Crippen molar-refractivity contribution < 1.29 is 9.72 Å². The number of anilines is 1. The summed E-state index contributed by atoms with van der Waals surface area (Å²) < 4.78 is 0. The van der Waals surface area contributed by atoms with Gasteiger partial charge in [0, 0.05) is 25.2 Å². The summed E-state index contributed by atoms with van der Waals surface area (Å²) in [5, 5.41) is 10.9. The molecule has 1 amide bonds. The topological polar surface area (TPSA) is 115 Å². The molecule has 1 saturated heterocycles. The molecule has 0 saturated carbocycles. The first-order chi connectivity index (χ1) is 9.95. The van der Waals surface area contributed by atoms with Gasteiger partial charge in [-0.2, -0.15) is 0 Å². The van der Waals surface area contributed by atoms with Crippen molar-refractivity contribution in [3.63, 3.8) is 0 Å². The van der Waals surface area contributed by atoms with Crippen molar-refractivity contribution in [3.05, 3.63) is 33.9 Å². The van der Waals surface area contributed by atoms with Crippen LogP contribution in [0.5, 0.6) is 0 Å². The zero-order chi connectivity index (χ0) is 15.6. The maximum Gasteiger partial charge on any atom is 0.292 e. The summed E-state index contributed by atoms with van der Waals surface area (Å²) in [7, 11) is 0. The molecule has 0 spiro atoms. The predicted molar refractivity (Wildman–Crippen MR) is 79.8 cm³/mol. The van der Waals surface area contributed by atoms with Crippen LogP contribution in [0.15, 0.2) is 18.2 Å². The van der Waals surface area contributed by atoms with Gasteiger partial charge in [0.2, 0.25) is 0 Å². The second-order valence-corrected chi connectivity index (χ2v) is 5.51. The maximum atomic E-state index is 12.6. The van der Waals surface area contributed by atoms with Crippen LogP contribution in [-0.4, -0.2) is 34.9 Å². The monoisotopic (exact) mass is 292 g/mol. The Labute approximate surface area is 123 Å². The first-order valence-electron chi connectivity index (χ1n) is 6.99. The third-order valence-electron chi connectivity index (χ3n) is 4.02. The summed E-state index contributed by atoms with van der Waals surface area (Å²) in [6.45, 7) is 3.11. The Balaban J connectivity index is 2.31. The number of likely N-dealkylation sites (tertiary alicyclic amines) is 1. The Hall–Kier alpha value is -2.15. The third kappa shape index (κ3) is 2.97. The zero-order valence-corrected chi connectivity index (χ0v) is 12.0. The van der Waals surface area contributed by atoms with Crippen LogP contribution >= 0.6 is 0 Å². The first-order valence-corrected chi connectivity index (χ1v) is 6.99. The summed E-state index contributed by atoms with van der Waals surface area (Å²) in [5.74, 6) is 0.239. The van der Waals surface area contributed by atoms with Crippen LogP contribution in [0.25, 0.3) is 0 Å². The van der Waals surface area contributed by atoms with Gasteiger partial charge < -0.3 is 16.4 Å². The maximum absolute atomic E-state index is 12.6. The highest BCUT2D eigenvalue weighted by molar-refractivity contribution is 6.01. The minimum atomic E-state index is -0.579. The number of para-hydroxylation sites is 1. The smallest absolute Gasteiger partial charge is 0.292 e. The minimum Gasteiger partial charge on any atom is -0.393 e. The second kappa shape index (κ2) is 6.09. The quantitative estimate of drug-likeness (QED) is 0.496. The van der Waals surface area contributed by atoms with E-state index in [0.717, 1.165) is 12.8 Å². The highest BCUT2D eigenvalue weighted by atomic mass is 16.6. The van der Waals surface area contributed by atoms with Crippen molar-refractivity contribution in [2.75, 3.05) is 18.8 Å². The largest absolute Gasteiger partial charge is 0.393 e. The third-order valence-corrected chi connectivity index (χ3v) is 4.02. The van der Waals surface area contributed by atoms with Crippen LogP contribution in [0.4, 0.5) is 11.4 Å². The van der Waals surface area contributed by atoms with E-state index in [1.807, 2.05) is 0 Å². The van der Waals surface area contributed by atoms with Crippen molar-refractivity contribution in [2.24, 2.45) is 11.7 Å². The molecule has 7 nitrogen and oxygen atoms in total. The average Bonchev–Trinajstić information content (AvgIpc) is 2.46. The van der Waals surface area contributed by atoms with Crippen LogP contribution in [-0.2, 0) is 0 Å². The van der Waals surface area contributed by atoms with Gasteiger partial charge in [0.05, 0.1) is 10.5 Å². The van der Waals surface area contributed by atoms with E-state index < -0.39 is 4.92 Å². The van der Waals surface area contributed by atoms with Crippen molar-refractivity contribution in [2.45, 2.75) is 25.8 Å². The van der Waals surface area contributed by atoms with Gasteiger partial charge in [-0.3, -0.25) is 14.9 Å². The lowest BCUT2D eigenvalue weighted by molar-refractivity contribution is -0.383. The van der Waals surface area contributed by atoms with Crippen LogP contribution in [0.3, 0.4) is 0 Å². The number of nitrogens with zero attached hydrogens (tertiary/aromatic N) is 2. The lowest BCUT2D eigenvalue weighted by Gasteiger charge is -2.38. The predicted octanol–water partition coefficient (Wildman–Crippen LogP) is 1.38. The molecule has 1 heterocycles. The molecule has 1 aromatic carbocycles. The number of nitro benzene ring substituents is 1. The fourth-order valence-electron chi connectivity index (χ4n) is 2.80. The number of piperidine rings is 1. The van der Waals surface area contributed by atoms with Crippen molar-refractivity contribution >= 4 is 17.3 Å². The number of carbonyl (C=O) groups is 1. The number of carbonyl (C=O) groups excluding carboxylic acids is 1. The summed E-state index contributed by atoms with van der Waals surface area (Å²) in [6, 6.07) is 4.26. The Morgan fingerprint density at radius 2 is 2.24 bits per heavy atom. The lowest BCUT2D eigenvalue weighted by Crippen LogP contribution is -2.49. The number of nitrogen functional groups attached to an aromatic ring is 1. The summed E-state index contributed by atoms with van der Waals surface area (Å²) >= 11 is 0. The van der Waals surface area contributed by atoms with Crippen LogP contribution in [0.2, 0.25) is 0 Å². The van der Waals surface area contributed by atoms with Gasteiger partial charge in [-0.05, 0) is 24.8 Å². The van der Waals surface area contributed by atoms with Crippen LogP contribution in [0.1, 0.15) is 30.1 Å². The highest BCUT2D eigenvalue weighted by Crippen LogP contribution is 2.29. The van der Waals surface area contributed by atoms with E-state index in [0.29, 0.717) is 19.0 Å². The molecule has 0 bridgehead atoms. The fraction of sp³-hybridized carbons (Fsp3) is 0.500. The molecular formula is C14H20N4O3. The molecule has 0 aromatic heterocycles. The number of nitrogens with two attached hydrogens (primary N) is 2. The van der Waals surface area contributed by atoms with Gasteiger partial charge in [-0.25, -0.2) is 0 Å². The van der Waals surface area contributed by atoms with E-state index in [2.05, 4.69) is 6.92 Å². The normalized spacial score (nSPS) is 22.1. The fourth-order valence-corrected chi connectivity index (χ4v) is 2.80. The molecule has 0 radical (unpaired) electrons. The van der Waals surface area contributed by atoms with Gasteiger partial charge in [0.25, 0.3) is 11.6 Å². The second-order valence-electron chi connectivity index (χ2n) is 5.51. The van der Waals surface area contributed by atoms with Gasteiger partial charge in [0.1, 0.15) is 5.69 Å². The van der Waals surface area contributed by atoms with E-state index in [9.17, 15) is 14.9 Å². The van der Waals surface area contributed by atoms with Gasteiger partial charge >= 0.3 is 0 Å². The highest BCUT2D eigenvalue weighted by Gasteiger charge is 2.31. The summed E-state index contributed by atoms with van der Waals surface area (Å²) in [4.78, 5) is 24.7. The van der Waals surface area contributed by atoms with Crippen molar-refractivity contribution in [1.29, 1.82) is 0 Å². The lowest BCUT2D eigenvalue weighted by atomic mass is 9.91. The van der Waals surface area contributed by atoms with Crippen molar-refractivity contribution in [1.82, 2.24) is 4.90 Å². The van der Waals surface area contributed by atoms with Gasteiger partial charge in [0.15, 0.2) is 0 Å². The Morgan fingerprint density at radius 1 is 1.52 bits per heavy atom. The minimum absolute atomic E-state index is 0.0417. The number of nitro groups is 1. The molecule has 1 aromatic rings. The van der Waals surface area contributed by atoms with Gasteiger partial charge in [-0.15, -0.1) is 0 Å². The molecule has 7 heteroatoms. The van der Waals surface area contributed by atoms with Crippen LogP contribution in [0, 0.1) is 16.0 Å². The average molecular weight is 292 g/mol. The number of amides is 1. The van der Waals surface area contributed by atoms with E-state index in [-0.39, 0.29) is 28.9 Å². The Kier molecular flexibility index (Phi) is 4.42. The number of rotatable bonds is 3. The first kappa shape index (κ1) is 15.2. The van der Waals surface area contributed by atoms with E-state index in [1.165, 1.54) is 18.2 Å². The van der Waals surface area contributed by atoms with Crippen LogP contribution < -0.4 is 11.5 Å². The Morgan fingerprint density at radius 3 is 2.86 bits per heavy atom. The standard InChI is InChI=1S/C14H20N4O3/c1-9-5-6-17(10(7-9)8-15)14(19)11-3-2-4-12(13(11)16)18(20)21/h2-4,9-10H,5-8,15-16H2,1H3. The molecule has 1 aliphatic heterocycles. The molecular weight excluding hydrogens is 272 g/mol. The van der Waals surface area contributed by atoms with Crippen molar-refractivity contribution in [3.8, 4) is 0 Å². The van der Waals surface area contributed by atoms with E-state index in [1.54, 1.807) is 4.90 Å². The van der Waals surface area contributed by atoms with Gasteiger partial charge in [-0.1, -0.05) is 13.0 Å². The molecule has 2 unspecified atom stereocenters. The van der Waals surface area contributed by atoms with E-state index >= 15 is 0 Å². The Bertz CT molecular complexity index is 561. The molecule has 114 valence electrons. The zero-order valence-electron chi connectivity index (χ0n) is 12.0. The molecule has 2 atom stereocenters. The number of hydrogen-bond donors (Lipinski definition) is 2. The number of benzene rings is 1. The summed E-state index contributed by atoms with van der Waals surface area (Å²) in [5.41, 5.74) is 11.4. The number of hydrogen-bond acceptors (Lipinski definition) is 5. The molecule has 4 N–H and O–H groups in total. The molecule has 21 heavy (non-hydrogen) atoms. The van der Waals surface area contributed by atoms with E-state index in [4.69, 9.17) is 11.5 Å². The molecule has 2 rings (SSSR count).